The molecular weight excluding hydrogens is 312 g/mol. The van der Waals surface area contributed by atoms with Crippen molar-refractivity contribution in [1.82, 2.24) is 0 Å². The van der Waals surface area contributed by atoms with Gasteiger partial charge in [0.2, 0.25) is 0 Å². The van der Waals surface area contributed by atoms with E-state index in [0.717, 1.165) is 10.0 Å². The van der Waals surface area contributed by atoms with Crippen molar-refractivity contribution in [3.8, 4) is 0 Å². The fourth-order valence-electron chi connectivity index (χ4n) is 0.959. The van der Waals surface area contributed by atoms with E-state index in [1.165, 1.54) is 11.8 Å². The number of aliphatic carboxylic acids is 1. The maximum absolute atomic E-state index is 10.9. The van der Waals surface area contributed by atoms with E-state index in [4.69, 9.17) is 16.7 Å². The zero-order chi connectivity index (χ0) is 12.3. The fraction of sp³-hybridized carbons (Fsp3) is 0.364. The molecule has 0 spiro atoms. The Kier molecular flexibility index (Phi) is 4.71. The molecule has 0 aromatic heterocycles. The molecule has 0 radical (unpaired) electrons. The number of halogens is 2. The number of rotatable bonds is 4. The third kappa shape index (κ3) is 3.68. The molecule has 1 rings (SSSR count). The van der Waals surface area contributed by atoms with E-state index in [2.05, 4.69) is 15.9 Å². The molecule has 0 heterocycles. The van der Waals surface area contributed by atoms with Crippen LogP contribution in [0.2, 0.25) is 5.02 Å². The first kappa shape index (κ1) is 13.9. The molecule has 0 unspecified atom stereocenters. The normalized spacial score (nSPS) is 11.5. The number of carboxylic acid groups (broad SMARTS) is 1. The van der Waals surface area contributed by atoms with Crippen LogP contribution in [0.3, 0.4) is 0 Å². The van der Waals surface area contributed by atoms with Gasteiger partial charge in [-0.25, -0.2) is 0 Å². The Morgan fingerprint density at radius 1 is 1.56 bits per heavy atom. The molecule has 0 atom stereocenters. The first-order valence-corrected chi connectivity index (χ1v) is 6.80. The second-order valence-electron chi connectivity index (χ2n) is 3.84. The molecule has 0 bridgehead atoms. The lowest BCUT2D eigenvalue weighted by molar-refractivity contribution is -0.138. The summed E-state index contributed by atoms with van der Waals surface area (Å²) in [6, 6.07) is 5.61. The lowest BCUT2D eigenvalue weighted by atomic mass is 10.2. The lowest BCUT2D eigenvalue weighted by Gasteiger charge is -2.18. The molecule has 16 heavy (non-hydrogen) atoms. The summed E-state index contributed by atoms with van der Waals surface area (Å²) in [7, 11) is 0. The number of hydrogen-bond donors (Lipinski definition) is 1. The van der Waals surface area contributed by atoms with Crippen LogP contribution in [0.5, 0.6) is 0 Å². The van der Waals surface area contributed by atoms with Crippen molar-refractivity contribution in [2.45, 2.75) is 24.3 Å². The fourth-order valence-corrected chi connectivity index (χ4v) is 2.67. The van der Waals surface area contributed by atoms with Gasteiger partial charge in [-0.2, -0.15) is 0 Å². The van der Waals surface area contributed by atoms with Gasteiger partial charge in [0.05, 0.1) is 0 Å². The van der Waals surface area contributed by atoms with E-state index in [-0.39, 0.29) is 0 Å². The molecule has 0 saturated heterocycles. The van der Waals surface area contributed by atoms with Gasteiger partial charge in [0.15, 0.2) is 0 Å². The average Bonchev–Trinajstić information content (AvgIpc) is 2.16. The van der Waals surface area contributed by atoms with E-state index in [1.807, 2.05) is 18.2 Å². The van der Waals surface area contributed by atoms with Crippen molar-refractivity contribution < 1.29 is 9.90 Å². The van der Waals surface area contributed by atoms with Crippen LogP contribution in [-0.2, 0) is 10.5 Å². The largest absolute Gasteiger partial charge is 0.480 e. The Morgan fingerprint density at radius 2 is 2.19 bits per heavy atom. The minimum atomic E-state index is -0.814. The van der Waals surface area contributed by atoms with Gasteiger partial charge in [-0.15, -0.1) is 11.8 Å². The minimum absolute atomic E-state index is 0.589. The highest BCUT2D eigenvalue weighted by Crippen LogP contribution is 2.31. The topological polar surface area (TPSA) is 37.3 Å². The van der Waals surface area contributed by atoms with Crippen molar-refractivity contribution in [2.24, 2.45) is 0 Å². The lowest BCUT2D eigenvalue weighted by Crippen LogP contribution is -2.27. The first-order chi connectivity index (χ1) is 7.33. The zero-order valence-corrected chi connectivity index (χ0v) is 12.1. The van der Waals surface area contributed by atoms with Crippen LogP contribution in [0.1, 0.15) is 19.4 Å². The highest BCUT2D eigenvalue weighted by Gasteiger charge is 2.27. The number of carbonyl (C=O) groups is 1. The van der Waals surface area contributed by atoms with Crippen LogP contribution in [0.4, 0.5) is 0 Å². The maximum Gasteiger partial charge on any atom is 0.319 e. The van der Waals surface area contributed by atoms with Crippen molar-refractivity contribution in [3.63, 3.8) is 0 Å². The Bertz CT molecular complexity index is 407. The molecule has 1 aromatic rings. The molecule has 5 heteroatoms. The van der Waals surface area contributed by atoms with E-state index in [0.29, 0.717) is 10.8 Å². The van der Waals surface area contributed by atoms with Crippen LogP contribution in [0.15, 0.2) is 22.7 Å². The van der Waals surface area contributed by atoms with Crippen molar-refractivity contribution in [3.05, 3.63) is 33.3 Å². The number of carboxylic acids is 1. The van der Waals surface area contributed by atoms with Gasteiger partial charge >= 0.3 is 5.97 Å². The number of hydrogen-bond acceptors (Lipinski definition) is 2. The molecule has 0 saturated carbocycles. The molecule has 0 amide bonds. The average molecular weight is 324 g/mol. The second-order valence-corrected chi connectivity index (χ2v) is 6.76. The van der Waals surface area contributed by atoms with Gasteiger partial charge in [0.1, 0.15) is 4.75 Å². The smallest absolute Gasteiger partial charge is 0.319 e. The Morgan fingerprint density at radius 3 is 2.69 bits per heavy atom. The van der Waals surface area contributed by atoms with Crippen LogP contribution in [0, 0.1) is 0 Å². The molecule has 88 valence electrons. The van der Waals surface area contributed by atoms with Crippen molar-refractivity contribution in [1.29, 1.82) is 0 Å². The molecule has 1 N–H and O–H groups in total. The first-order valence-electron chi connectivity index (χ1n) is 4.64. The zero-order valence-electron chi connectivity index (χ0n) is 8.96. The minimum Gasteiger partial charge on any atom is -0.480 e. The molecular formula is C11H12BrClO2S. The predicted molar refractivity (Wildman–Crippen MR) is 72.2 cm³/mol. The third-order valence-corrected chi connectivity index (χ3v) is 4.32. The molecule has 0 aliphatic heterocycles. The number of thioether (sulfide) groups is 1. The van der Waals surface area contributed by atoms with Gasteiger partial charge in [-0.3, -0.25) is 4.79 Å². The monoisotopic (exact) mass is 322 g/mol. The molecule has 1 aromatic carbocycles. The highest BCUT2D eigenvalue weighted by molar-refractivity contribution is 9.10. The van der Waals surface area contributed by atoms with Gasteiger partial charge in [-0.1, -0.05) is 33.6 Å². The summed E-state index contributed by atoms with van der Waals surface area (Å²) in [5, 5.41) is 9.63. The molecule has 0 fully saturated rings. The van der Waals surface area contributed by atoms with Crippen LogP contribution in [0.25, 0.3) is 0 Å². The Hall–Kier alpha value is -0.190. The summed E-state index contributed by atoms with van der Waals surface area (Å²) < 4.78 is 0.125. The summed E-state index contributed by atoms with van der Waals surface area (Å²) in [4.78, 5) is 10.9. The van der Waals surface area contributed by atoms with Crippen LogP contribution in [-0.4, -0.2) is 15.8 Å². The van der Waals surface area contributed by atoms with Gasteiger partial charge in [0.25, 0.3) is 0 Å². The quantitative estimate of drug-likeness (QED) is 0.902. The highest BCUT2D eigenvalue weighted by atomic mass is 79.9. The van der Waals surface area contributed by atoms with Crippen LogP contribution < -0.4 is 0 Å². The third-order valence-electron chi connectivity index (χ3n) is 2.12. The van der Waals surface area contributed by atoms with E-state index < -0.39 is 10.7 Å². The van der Waals surface area contributed by atoms with E-state index in [9.17, 15) is 4.79 Å². The summed E-state index contributed by atoms with van der Waals surface area (Å²) in [6.07, 6.45) is 0. The summed E-state index contributed by atoms with van der Waals surface area (Å²) in [5.74, 6) is -0.225. The molecule has 2 nitrogen and oxygen atoms in total. The van der Waals surface area contributed by atoms with Crippen molar-refractivity contribution >= 4 is 45.3 Å². The summed E-state index contributed by atoms with van der Waals surface area (Å²) >= 11 is 10.7. The van der Waals surface area contributed by atoms with Gasteiger partial charge in [-0.05, 0) is 31.5 Å². The van der Waals surface area contributed by atoms with Gasteiger partial charge < -0.3 is 5.11 Å². The maximum atomic E-state index is 10.9. The Balaban J connectivity index is 2.72. The standard InChI is InChI=1S/C11H12BrClO2S/c1-11(2,10(14)15)16-6-7-3-4-8(12)5-9(7)13/h3-5H,6H2,1-2H3,(H,14,15). The van der Waals surface area contributed by atoms with Crippen LogP contribution >= 0.6 is 39.3 Å². The predicted octanol–water partition coefficient (Wildman–Crippen LogP) is 4.20. The SMILES string of the molecule is CC(C)(SCc1ccc(Br)cc1Cl)C(=O)O. The van der Waals surface area contributed by atoms with Gasteiger partial charge in [0, 0.05) is 15.2 Å². The summed E-state index contributed by atoms with van der Waals surface area (Å²) in [6.45, 7) is 3.37. The van der Waals surface area contributed by atoms with E-state index in [1.54, 1.807) is 13.8 Å². The Labute approximate surface area is 113 Å². The molecule has 0 aliphatic rings. The number of benzene rings is 1. The molecule has 0 aliphatic carbocycles. The second kappa shape index (κ2) is 5.43. The van der Waals surface area contributed by atoms with E-state index >= 15 is 0 Å². The van der Waals surface area contributed by atoms with Crippen molar-refractivity contribution in [2.75, 3.05) is 0 Å². The summed E-state index contributed by atoms with van der Waals surface area (Å²) in [5.41, 5.74) is 0.948.